The molecule has 2 atom stereocenters. The standard InChI is InChI=1S/C46H80NO8P/c1-6-8-10-12-14-16-18-19-20-21-22-23-24-25-26-27-29-31-33-35-37-39-46(49)55-44(43-54-56(50,51)53-41-40-47(3,4)5)42-52-45(48)38-36-34-32-30-28-17-15-13-11-9-7-2/h8,10,13-16,19-20,22-23,25-26,44H,6-7,9,11-12,17-18,21,24,27-43H2,1-5H3/p+1/b10-8-,15-13-,16-14-,20-19-,23-22-,26-25-. The van der Waals surface area contributed by atoms with Gasteiger partial charge in [0.25, 0.3) is 0 Å². The Bertz CT molecular complexity index is 1180. The molecule has 0 saturated heterocycles. The maximum atomic E-state index is 12.7. The predicted molar refractivity (Wildman–Crippen MR) is 233 cm³/mol. The average molecular weight is 807 g/mol. The number of likely N-dealkylation sites (N-methyl/N-ethyl adjacent to an activating group) is 1. The van der Waals surface area contributed by atoms with Crippen molar-refractivity contribution in [1.82, 2.24) is 0 Å². The summed E-state index contributed by atoms with van der Waals surface area (Å²) in [6.07, 6.45) is 46.6. The number of quaternary nitrogens is 1. The maximum Gasteiger partial charge on any atom is 0.472 e. The summed E-state index contributed by atoms with van der Waals surface area (Å²) in [5.41, 5.74) is 0. The molecule has 56 heavy (non-hydrogen) atoms. The molecule has 0 aromatic carbocycles. The van der Waals surface area contributed by atoms with E-state index in [-0.39, 0.29) is 32.0 Å². The largest absolute Gasteiger partial charge is 0.472 e. The van der Waals surface area contributed by atoms with E-state index in [9.17, 15) is 19.0 Å². The van der Waals surface area contributed by atoms with Crippen LogP contribution >= 0.6 is 7.82 Å². The van der Waals surface area contributed by atoms with Gasteiger partial charge in [0.2, 0.25) is 0 Å². The van der Waals surface area contributed by atoms with Crippen LogP contribution in [0.4, 0.5) is 0 Å². The summed E-state index contributed by atoms with van der Waals surface area (Å²) in [5.74, 6) is -0.840. The van der Waals surface area contributed by atoms with Gasteiger partial charge >= 0.3 is 19.8 Å². The van der Waals surface area contributed by atoms with E-state index in [0.29, 0.717) is 17.4 Å². The van der Waals surface area contributed by atoms with Gasteiger partial charge < -0.3 is 18.9 Å². The minimum atomic E-state index is -4.38. The summed E-state index contributed by atoms with van der Waals surface area (Å²) in [6.45, 7) is 4.21. The van der Waals surface area contributed by atoms with Crippen molar-refractivity contribution in [3.05, 3.63) is 72.9 Å². The molecular formula is C46H81NO8P+. The third-order valence-corrected chi connectivity index (χ3v) is 9.70. The van der Waals surface area contributed by atoms with Crippen LogP contribution in [0.25, 0.3) is 0 Å². The molecule has 0 aromatic rings. The van der Waals surface area contributed by atoms with Crippen LogP contribution < -0.4 is 0 Å². The topological polar surface area (TPSA) is 108 Å². The van der Waals surface area contributed by atoms with Gasteiger partial charge in [-0.1, -0.05) is 138 Å². The zero-order chi connectivity index (χ0) is 41.4. The zero-order valence-corrected chi connectivity index (χ0v) is 37.0. The number of phosphoric ester groups is 1. The third kappa shape index (κ3) is 41.1. The Labute approximate surface area is 342 Å². The van der Waals surface area contributed by atoms with Crippen LogP contribution in [-0.2, 0) is 32.7 Å². The number of carbonyl (C=O) groups excluding carboxylic acids is 2. The third-order valence-electron chi connectivity index (χ3n) is 8.72. The van der Waals surface area contributed by atoms with Gasteiger partial charge in [0, 0.05) is 12.8 Å². The Balaban J connectivity index is 4.40. The van der Waals surface area contributed by atoms with Gasteiger partial charge in [0.05, 0.1) is 27.7 Å². The summed E-state index contributed by atoms with van der Waals surface area (Å²) < 4.78 is 34.2. The predicted octanol–water partition coefficient (Wildman–Crippen LogP) is 12.2. The van der Waals surface area contributed by atoms with E-state index in [1.807, 2.05) is 21.1 Å². The van der Waals surface area contributed by atoms with E-state index in [1.54, 1.807) is 0 Å². The van der Waals surface area contributed by atoms with Gasteiger partial charge in [0.15, 0.2) is 6.10 Å². The Morgan fingerprint density at radius 3 is 1.54 bits per heavy atom. The molecule has 0 fully saturated rings. The van der Waals surface area contributed by atoms with E-state index >= 15 is 0 Å². The Kier molecular flexibility index (Phi) is 36.3. The second kappa shape index (κ2) is 38.0. The number of allylic oxidation sites excluding steroid dienone is 12. The van der Waals surface area contributed by atoms with Gasteiger partial charge in [-0.05, 0) is 77.0 Å². The molecule has 0 radical (unpaired) electrons. The zero-order valence-electron chi connectivity index (χ0n) is 36.1. The van der Waals surface area contributed by atoms with Crippen LogP contribution in [0.15, 0.2) is 72.9 Å². The van der Waals surface area contributed by atoms with Crippen molar-refractivity contribution in [3.63, 3.8) is 0 Å². The number of esters is 2. The second-order valence-corrected chi connectivity index (χ2v) is 16.8. The molecule has 0 spiro atoms. The van der Waals surface area contributed by atoms with Crippen LogP contribution in [0.5, 0.6) is 0 Å². The van der Waals surface area contributed by atoms with Crippen molar-refractivity contribution >= 4 is 19.8 Å². The maximum absolute atomic E-state index is 12.7. The highest BCUT2D eigenvalue weighted by Gasteiger charge is 2.27. The smallest absolute Gasteiger partial charge is 0.462 e. The molecule has 0 heterocycles. The van der Waals surface area contributed by atoms with Gasteiger partial charge in [-0.25, -0.2) is 4.57 Å². The number of unbranched alkanes of at least 4 members (excludes halogenated alkanes) is 12. The fraction of sp³-hybridized carbons (Fsp3) is 0.696. The highest BCUT2D eigenvalue weighted by molar-refractivity contribution is 7.47. The number of ether oxygens (including phenoxy) is 2. The SMILES string of the molecule is CC/C=C\C/C=C\C/C=C\C/C=C\C/C=C\CCCCCCCC(=O)OC(COC(=O)CCCCCCC/C=C\CCCC)COP(=O)(O)OCC[N+](C)(C)C. The van der Waals surface area contributed by atoms with Crippen molar-refractivity contribution in [3.8, 4) is 0 Å². The van der Waals surface area contributed by atoms with E-state index in [1.165, 1.54) is 12.8 Å². The molecule has 10 heteroatoms. The van der Waals surface area contributed by atoms with Crippen molar-refractivity contribution in [2.45, 2.75) is 161 Å². The molecule has 0 amide bonds. The summed E-state index contributed by atoms with van der Waals surface area (Å²) in [6, 6.07) is 0. The number of carbonyl (C=O) groups is 2. The monoisotopic (exact) mass is 807 g/mol. The van der Waals surface area contributed by atoms with Crippen LogP contribution in [0, 0.1) is 0 Å². The van der Waals surface area contributed by atoms with E-state index in [4.69, 9.17) is 18.5 Å². The quantitative estimate of drug-likeness (QED) is 0.0216. The number of hydrogen-bond acceptors (Lipinski definition) is 7. The Hall–Kier alpha value is -2.55. The number of nitrogens with zero attached hydrogens (tertiary/aromatic N) is 1. The minimum absolute atomic E-state index is 0.0225. The van der Waals surface area contributed by atoms with Crippen molar-refractivity contribution in [1.29, 1.82) is 0 Å². The number of rotatable bonds is 38. The first-order chi connectivity index (χ1) is 27.0. The molecule has 9 nitrogen and oxygen atoms in total. The van der Waals surface area contributed by atoms with Crippen molar-refractivity contribution < 1.29 is 42.1 Å². The highest BCUT2D eigenvalue weighted by atomic mass is 31.2. The Morgan fingerprint density at radius 2 is 1.02 bits per heavy atom. The van der Waals surface area contributed by atoms with Crippen LogP contribution in [0.3, 0.4) is 0 Å². The van der Waals surface area contributed by atoms with E-state index < -0.39 is 26.5 Å². The van der Waals surface area contributed by atoms with Crippen LogP contribution in [0.2, 0.25) is 0 Å². The summed E-state index contributed by atoms with van der Waals surface area (Å²) in [4.78, 5) is 35.3. The number of hydrogen-bond donors (Lipinski definition) is 1. The lowest BCUT2D eigenvalue weighted by Gasteiger charge is -2.24. The van der Waals surface area contributed by atoms with E-state index in [0.717, 1.165) is 109 Å². The van der Waals surface area contributed by atoms with Gasteiger partial charge in [0.1, 0.15) is 19.8 Å². The van der Waals surface area contributed by atoms with Crippen LogP contribution in [0.1, 0.15) is 155 Å². The lowest BCUT2D eigenvalue weighted by atomic mass is 10.1. The number of phosphoric acid groups is 1. The second-order valence-electron chi connectivity index (χ2n) is 15.3. The summed E-state index contributed by atoms with van der Waals surface area (Å²) in [5, 5.41) is 0. The average Bonchev–Trinajstić information content (AvgIpc) is 3.15. The molecule has 0 rings (SSSR count). The van der Waals surface area contributed by atoms with Crippen LogP contribution in [-0.4, -0.2) is 74.9 Å². The first-order valence-electron chi connectivity index (χ1n) is 21.7. The molecule has 0 aliphatic rings. The lowest BCUT2D eigenvalue weighted by Crippen LogP contribution is -2.37. The van der Waals surface area contributed by atoms with Gasteiger partial charge in [-0.2, -0.15) is 0 Å². The molecule has 0 aliphatic heterocycles. The first-order valence-corrected chi connectivity index (χ1v) is 23.2. The summed E-state index contributed by atoms with van der Waals surface area (Å²) >= 11 is 0. The highest BCUT2D eigenvalue weighted by Crippen LogP contribution is 2.43. The summed E-state index contributed by atoms with van der Waals surface area (Å²) in [7, 11) is 1.44. The molecular weight excluding hydrogens is 725 g/mol. The van der Waals surface area contributed by atoms with Crippen molar-refractivity contribution in [2.24, 2.45) is 0 Å². The minimum Gasteiger partial charge on any atom is -0.462 e. The van der Waals surface area contributed by atoms with Gasteiger partial charge in [-0.3, -0.25) is 18.6 Å². The molecule has 322 valence electrons. The molecule has 2 unspecified atom stereocenters. The van der Waals surface area contributed by atoms with E-state index in [2.05, 4.69) is 86.8 Å². The molecule has 0 saturated carbocycles. The fourth-order valence-electron chi connectivity index (χ4n) is 5.31. The molecule has 0 aromatic heterocycles. The Morgan fingerprint density at radius 1 is 0.571 bits per heavy atom. The first kappa shape index (κ1) is 53.5. The van der Waals surface area contributed by atoms with Crippen molar-refractivity contribution in [2.75, 3.05) is 47.5 Å². The normalized spacial score (nSPS) is 14.3. The molecule has 1 N–H and O–H groups in total. The molecule has 0 aliphatic carbocycles. The fourth-order valence-corrected chi connectivity index (χ4v) is 6.06. The lowest BCUT2D eigenvalue weighted by molar-refractivity contribution is -0.870. The molecule has 0 bridgehead atoms. The van der Waals surface area contributed by atoms with Gasteiger partial charge in [-0.15, -0.1) is 0 Å².